The maximum atomic E-state index is 12.7. The molecule has 4 aromatic rings. The Morgan fingerprint density at radius 3 is 2.47 bits per heavy atom. The van der Waals surface area contributed by atoms with Gasteiger partial charge >= 0.3 is 0 Å². The van der Waals surface area contributed by atoms with Crippen molar-refractivity contribution in [3.63, 3.8) is 0 Å². The van der Waals surface area contributed by atoms with E-state index in [9.17, 15) is 9.59 Å². The SMILES string of the molecule is Cc1cc(NC(=O)c2ccccc2Cl)sc1C(=O)Nc1ccc(-c2nccs2)cc1. The molecule has 2 aromatic carbocycles. The lowest BCUT2D eigenvalue weighted by molar-refractivity contribution is 0.102. The van der Waals surface area contributed by atoms with Crippen molar-refractivity contribution in [3.05, 3.63) is 87.2 Å². The Labute approximate surface area is 186 Å². The molecule has 4 rings (SSSR count). The van der Waals surface area contributed by atoms with Crippen LogP contribution >= 0.6 is 34.3 Å². The minimum atomic E-state index is -0.313. The minimum Gasteiger partial charge on any atom is -0.321 e. The van der Waals surface area contributed by atoms with E-state index < -0.39 is 0 Å². The van der Waals surface area contributed by atoms with Gasteiger partial charge in [0.15, 0.2) is 0 Å². The number of anilines is 2. The number of rotatable bonds is 5. The second-order valence-electron chi connectivity index (χ2n) is 6.43. The van der Waals surface area contributed by atoms with E-state index in [0.717, 1.165) is 16.1 Å². The van der Waals surface area contributed by atoms with E-state index in [4.69, 9.17) is 11.6 Å². The molecule has 30 heavy (non-hydrogen) atoms. The van der Waals surface area contributed by atoms with Crippen molar-refractivity contribution in [3.8, 4) is 10.6 Å². The van der Waals surface area contributed by atoms with Gasteiger partial charge in [-0.1, -0.05) is 23.7 Å². The monoisotopic (exact) mass is 453 g/mol. The topological polar surface area (TPSA) is 71.1 Å². The lowest BCUT2D eigenvalue weighted by Crippen LogP contribution is -2.11. The maximum absolute atomic E-state index is 12.7. The summed E-state index contributed by atoms with van der Waals surface area (Å²) in [6.45, 7) is 1.84. The zero-order chi connectivity index (χ0) is 21.1. The first kappa shape index (κ1) is 20.3. The summed E-state index contributed by atoms with van der Waals surface area (Å²) in [5.74, 6) is -0.538. The molecule has 0 saturated heterocycles. The third-order valence-corrected chi connectivity index (χ3v) is 6.60. The lowest BCUT2D eigenvalue weighted by atomic mass is 10.2. The highest BCUT2D eigenvalue weighted by molar-refractivity contribution is 7.18. The Hall–Kier alpha value is -3.00. The van der Waals surface area contributed by atoms with Gasteiger partial charge in [0.05, 0.1) is 20.5 Å². The van der Waals surface area contributed by atoms with Crippen LogP contribution in [0.15, 0.2) is 66.2 Å². The molecule has 2 amide bonds. The molecular weight excluding hydrogens is 438 g/mol. The van der Waals surface area contributed by atoms with Crippen LogP contribution in [0.25, 0.3) is 10.6 Å². The van der Waals surface area contributed by atoms with Gasteiger partial charge in [-0.15, -0.1) is 22.7 Å². The summed E-state index contributed by atoms with van der Waals surface area (Å²) in [5, 5.41) is 9.53. The highest BCUT2D eigenvalue weighted by Gasteiger charge is 2.17. The van der Waals surface area contributed by atoms with Crippen LogP contribution in [0.3, 0.4) is 0 Å². The molecule has 8 heteroatoms. The third kappa shape index (κ3) is 4.43. The van der Waals surface area contributed by atoms with Crippen molar-refractivity contribution in [1.82, 2.24) is 4.98 Å². The van der Waals surface area contributed by atoms with Gasteiger partial charge in [-0.3, -0.25) is 9.59 Å². The highest BCUT2D eigenvalue weighted by atomic mass is 35.5. The summed E-state index contributed by atoms with van der Waals surface area (Å²) in [7, 11) is 0. The molecular formula is C22H16ClN3O2S2. The summed E-state index contributed by atoms with van der Waals surface area (Å²) < 4.78 is 0. The number of thiazole rings is 1. The number of halogens is 1. The average Bonchev–Trinajstić information content (AvgIpc) is 3.39. The Morgan fingerprint density at radius 1 is 1.00 bits per heavy atom. The van der Waals surface area contributed by atoms with Crippen LogP contribution in [0.4, 0.5) is 10.7 Å². The first-order valence-electron chi connectivity index (χ1n) is 8.99. The molecule has 0 aliphatic carbocycles. The number of carbonyl (C=O) groups is 2. The van der Waals surface area contributed by atoms with Crippen LogP contribution in [0.5, 0.6) is 0 Å². The molecule has 2 aromatic heterocycles. The van der Waals surface area contributed by atoms with Gasteiger partial charge in [-0.2, -0.15) is 0 Å². The molecule has 0 unspecified atom stereocenters. The molecule has 150 valence electrons. The fraction of sp³-hybridized carbons (Fsp3) is 0.0455. The maximum Gasteiger partial charge on any atom is 0.266 e. The third-order valence-electron chi connectivity index (χ3n) is 4.30. The van der Waals surface area contributed by atoms with Gasteiger partial charge in [0.2, 0.25) is 0 Å². The lowest BCUT2D eigenvalue weighted by Gasteiger charge is -2.05. The van der Waals surface area contributed by atoms with Crippen molar-refractivity contribution in [2.45, 2.75) is 6.92 Å². The van der Waals surface area contributed by atoms with E-state index in [-0.39, 0.29) is 11.8 Å². The molecule has 0 bridgehead atoms. The number of hydrogen-bond acceptors (Lipinski definition) is 5. The number of aromatic nitrogens is 1. The van der Waals surface area contributed by atoms with Crippen molar-refractivity contribution < 1.29 is 9.59 Å². The molecule has 5 nitrogen and oxygen atoms in total. The van der Waals surface area contributed by atoms with Gasteiger partial charge in [-0.05, 0) is 55.0 Å². The molecule has 0 aliphatic heterocycles. The van der Waals surface area contributed by atoms with Crippen LogP contribution in [0.1, 0.15) is 25.6 Å². The normalized spacial score (nSPS) is 10.6. The second-order valence-corrected chi connectivity index (χ2v) is 8.78. The molecule has 0 aliphatic rings. The van der Waals surface area contributed by atoms with Gasteiger partial charge in [-0.25, -0.2) is 4.98 Å². The predicted octanol–water partition coefficient (Wildman–Crippen LogP) is 6.34. The van der Waals surface area contributed by atoms with E-state index in [1.807, 2.05) is 36.6 Å². The number of carbonyl (C=O) groups excluding carboxylic acids is 2. The van der Waals surface area contributed by atoms with Gasteiger partial charge in [0.25, 0.3) is 11.8 Å². The number of hydrogen-bond donors (Lipinski definition) is 2. The molecule has 2 heterocycles. The quantitative estimate of drug-likeness (QED) is 0.370. The van der Waals surface area contributed by atoms with Crippen molar-refractivity contribution in [2.75, 3.05) is 10.6 Å². The fourth-order valence-electron chi connectivity index (χ4n) is 2.84. The summed E-state index contributed by atoms with van der Waals surface area (Å²) in [5.41, 5.74) is 2.86. The molecule has 0 radical (unpaired) electrons. The Morgan fingerprint density at radius 2 is 1.77 bits per heavy atom. The van der Waals surface area contributed by atoms with Crippen molar-refractivity contribution in [1.29, 1.82) is 0 Å². The molecule has 0 spiro atoms. The number of aryl methyl sites for hydroxylation is 1. The second kappa shape index (κ2) is 8.79. The summed E-state index contributed by atoms with van der Waals surface area (Å²) in [6.07, 6.45) is 1.76. The smallest absolute Gasteiger partial charge is 0.266 e. The van der Waals surface area contributed by atoms with Gasteiger partial charge in [0, 0.05) is 22.8 Å². The number of amides is 2. The minimum absolute atomic E-state index is 0.224. The van der Waals surface area contributed by atoms with Gasteiger partial charge in [0.1, 0.15) is 5.01 Å². The summed E-state index contributed by atoms with van der Waals surface area (Å²) in [6, 6.07) is 16.1. The zero-order valence-corrected chi connectivity index (χ0v) is 18.2. The predicted molar refractivity (Wildman–Crippen MR) is 124 cm³/mol. The van der Waals surface area contributed by atoms with Crippen LogP contribution in [-0.4, -0.2) is 16.8 Å². The highest BCUT2D eigenvalue weighted by Crippen LogP contribution is 2.29. The van der Waals surface area contributed by atoms with E-state index >= 15 is 0 Å². The largest absolute Gasteiger partial charge is 0.321 e. The van der Waals surface area contributed by atoms with Crippen LogP contribution in [-0.2, 0) is 0 Å². The van der Waals surface area contributed by atoms with E-state index in [0.29, 0.717) is 26.2 Å². The van der Waals surface area contributed by atoms with E-state index in [2.05, 4.69) is 15.6 Å². The van der Waals surface area contributed by atoms with Crippen molar-refractivity contribution in [2.24, 2.45) is 0 Å². The average molecular weight is 454 g/mol. The first-order chi connectivity index (χ1) is 14.5. The number of nitrogens with zero attached hydrogens (tertiary/aromatic N) is 1. The number of nitrogens with one attached hydrogen (secondary N) is 2. The molecule has 0 atom stereocenters. The Kier molecular flexibility index (Phi) is 5.94. The zero-order valence-electron chi connectivity index (χ0n) is 15.8. The Bertz CT molecular complexity index is 1200. The van der Waals surface area contributed by atoms with Crippen LogP contribution in [0.2, 0.25) is 5.02 Å². The van der Waals surface area contributed by atoms with Crippen LogP contribution in [0, 0.1) is 6.92 Å². The first-order valence-corrected chi connectivity index (χ1v) is 11.1. The molecule has 2 N–H and O–H groups in total. The summed E-state index contributed by atoms with van der Waals surface area (Å²) >= 11 is 8.86. The van der Waals surface area contributed by atoms with Crippen molar-refractivity contribution >= 4 is 56.8 Å². The number of benzene rings is 2. The molecule has 0 fully saturated rings. The molecule has 0 saturated carbocycles. The summed E-state index contributed by atoms with van der Waals surface area (Å²) in [4.78, 5) is 30.0. The Balaban J connectivity index is 1.45. The van der Waals surface area contributed by atoms with Crippen LogP contribution < -0.4 is 10.6 Å². The fourth-order valence-corrected chi connectivity index (χ4v) is 4.67. The van der Waals surface area contributed by atoms with E-state index in [1.54, 1.807) is 47.9 Å². The number of thiophene rings is 1. The van der Waals surface area contributed by atoms with E-state index in [1.165, 1.54) is 11.3 Å². The standard InChI is InChI=1S/C22H16ClN3O2S2/c1-13-12-18(26-20(27)16-4-2-3-5-17(16)23)30-19(13)21(28)25-15-8-6-14(7-9-15)22-24-10-11-29-22/h2-12H,1H3,(H,25,28)(H,26,27). The van der Waals surface area contributed by atoms with Gasteiger partial charge < -0.3 is 10.6 Å².